The van der Waals surface area contributed by atoms with Gasteiger partial charge in [0.1, 0.15) is 33.6 Å². The number of nitrogens with one attached hydrogen (secondary N) is 1. The summed E-state index contributed by atoms with van der Waals surface area (Å²) in [6, 6.07) is 1.60. The van der Waals surface area contributed by atoms with Crippen molar-refractivity contribution < 1.29 is 34.5 Å². The highest BCUT2D eigenvalue weighted by Crippen LogP contribution is 2.42. The van der Waals surface area contributed by atoms with Gasteiger partial charge in [0.25, 0.3) is 11.8 Å². The number of carboxylic acids is 1. The van der Waals surface area contributed by atoms with Crippen molar-refractivity contribution in [2.75, 3.05) is 17.2 Å². The lowest BCUT2D eigenvalue weighted by Crippen LogP contribution is -2.71. The van der Waals surface area contributed by atoms with Gasteiger partial charge in [0.05, 0.1) is 11.2 Å². The molecule has 5 rings (SSSR count). The minimum atomic E-state index is -1.24. The number of rotatable bonds is 10. The van der Waals surface area contributed by atoms with E-state index in [0.29, 0.717) is 17.1 Å². The number of amides is 2. The molecule has 41 heavy (non-hydrogen) atoms. The highest BCUT2D eigenvalue weighted by atomic mass is 35.5. The summed E-state index contributed by atoms with van der Waals surface area (Å²) in [7, 11) is 0. The van der Waals surface area contributed by atoms with Crippen molar-refractivity contribution in [3.63, 3.8) is 0 Å². The predicted octanol–water partition coefficient (Wildman–Crippen LogP) is 2.09. The fourth-order valence-electron chi connectivity index (χ4n) is 3.86. The molecule has 0 bridgehead atoms. The van der Waals surface area contributed by atoms with E-state index in [2.05, 4.69) is 25.0 Å². The smallest absolute Gasteiger partial charge is 0.352 e. The maximum atomic E-state index is 13.3. The normalized spacial score (nSPS) is 18.6. The number of phenols is 2. The number of phenolic OH excluding ortho intramolecular Hbond substituents is 2. The van der Waals surface area contributed by atoms with Gasteiger partial charge in [0.2, 0.25) is 0 Å². The molecule has 2 amide bonds. The van der Waals surface area contributed by atoms with Gasteiger partial charge >= 0.3 is 5.97 Å². The van der Waals surface area contributed by atoms with E-state index in [1.807, 2.05) is 0 Å². The zero-order valence-electron chi connectivity index (χ0n) is 20.4. The molecule has 19 heteroatoms. The van der Waals surface area contributed by atoms with Crippen LogP contribution in [0.5, 0.6) is 11.5 Å². The van der Waals surface area contributed by atoms with Crippen LogP contribution >= 0.6 is 58.0 Å². The maximum Gasteiger partial charge on any atom is 0.352 e. The van der Waals surface area contributed by atoms with Crippen LogP contribution in [-0.2, 0) is 25.8 Å². The van der Waals surface area contributed by atoms with Crippen LogP contribution in [0.3, 0.4) is 0 Å². The molecule has 0 saturated carbocycles. The Labute approximate surface area is 252 Å². The summed E-state index contributed by atoms with van der Waals surface area (Å²) >= 11 is 11.0. The summed E-state index contributed by atoms with van der Waals surface area (Å²) in [5.74, 6) is -2.88. The van der Waals surface area contributed by atoms with Crippen molar-refractivity contribution >= 4 is 86.6 Å². The molecule has 14 nitrogen and oxygen atoms in total. The van der Waals surface area contributed by atoms with Crippen LogP contribution < -0.4 is 11.1 Å². The molecule has 0 spiro atoms. The maximum absolute atomic E-state index is 13.3. The Morgan fingerprint density at radius 3 is 2.83 bits per heavy atom. The van der Waals surface area contributed by atoms with E-state index >= 15 is 0 Å². The zero-order valence-corrected chi connectivity index (χ0v) is 24.4. The van der Waals surface area contributed by atoms with Gasteiger partial charge in [-0.15, -0.1) is 40.0 Å². The zero-order chi connectivity index (χ0) is 29.3. The van der Waals surface area contributed by atoms with Gasteiger partial charge in [-0.3, -0.25) is 14.5 Å². The van der Waals surface area contributed by atoms with Gasteiger partial charge < -0.3 is 31.2 Å². The highest BCUT2D eigenvalue weighted by molar-refractivity contribution is 8.01. The highest BCUT2D eigenvalue weighted by Gasteiger charge is 2.54. The first kappa shape index (κ1) is 28.9. The number of aromatic hydroxyl groups is 2. The van der Waals surface area contributed by atoms with E-state index in [0.717, 1.165) is 15.5 Å². The van der Waals surface area contributed by atoms with E-state index in [1.165, 1.54) is 57.5 Å². The van der Waals surface area contributed by atoms with Gasteiger partial charge in [-0.1, -0.05) is 27.3 Å². The number of aromatic nitrogens is 3. The SMILES string of the molecule is Nc1nc(/C(=N/OCc2ccc(O)c(O)c2Cl)C(=O)NC2C(=O)N3C(C(=O)O)=C(CSc4cnns4)CS[C@@H]23)cs1. The molecule has 0 aliphatic carbocycles. The number of β-lactam (4-membered cyclic amide) rings is 1. The lowest BCUT2D eigenvalue weighted by molar-refractivity contribution is -0.150. The monoisotopic (exact) mass is 655 g/mol. The molecule has 1 saturated heterocycles. The fourth-order valence-corrected chi connectivity index (χ4v) is 7.53. The molecule has 2 atom stereocenters. The third-order valence-corrected chi connectivity index (χ3v) is 10.2. The molecule has 6 N–H and O–H groups in total. The van der Waals surface area contributed by atoms with Gasteiger partial charge in [-0.05, 0) is 23.2 Å². The number of fused-ring (bicyclic) bond motifs is 1. The number of oxime groups is 1. The van der Waals surface area contributed by atoms with Crippen molar-refractivity contribution in [3.8, 4) is 11.5 Å². The van der Waals surface area contributed by atoms with Gasteiger partial charge in [-0.2, -0.15) is 0 Å². The molecule has 1 fully saturated rings. The fraction of sp³-hybridized carbons (Fsp3) is 0.227. The number of carboxylic acid groups (broad SMARTS) is 1. The Hall–Kier alpha value is -3.58. The van der Waals surface area contributed by atoms with Crippen molar-refractivity contribution in [2.45, 2.75) is 22.2 Å². The largest absolute Gasteiger partial charge is 0.504 e. The van der Waals surface area contributed by atoms with Crippen LogP contribution in [0.15, 0.2) is 44.3 Å². The Balaban J connectivity index is 1.31. The van der Waals surface area contributed by atoms with Crippen molar-refractivity contribution in [1.29, 1.82) is 0 Å². The lowest BCUT2D eigenvalue weighted by Gasteiger charge is -2.49. The first-order valence-electron chi connectivity index (χ1n) is 11.4. The summed E-state index contributed by atoms with van der Waals surface area (Å²) in [5, 5.41) is 40.4. The number of halogens is 1. The van der Waals surface area contributed by atoms with Crippen LogP contribution in [0.4, 0.5) is 5.13 Å². The van der Waals surface area contributed by atoms with Crippen molar-refractivity contribution in [1.82, 2.24) is 24.8 Å². The number of thioether (sulfide) groups is 2. The minimum Gasteiger partial charge on any atom is -0.504 e. The van der Waals surface area contributed by atoms with Crippen LogP contribution in [-0.4, -0.2) is 81.2 Å². The third-order valence-electron chi connectivity index (χ3n) is 5.80. The third kappa shape index (κ3) is 5.91. The molecule has 1 unspecified atom stereocenters. The van der Waals surface area contributed by atoms with Crippen molar-refractivity contribution in [3.05, 3.63) is 51.3 Å². The summed E-state index contributed by atoms with van der Waals surface area (Å²) < 4.78 is 4.60. The average Bonchev–Trinajstić information content (AvgIpc) is 3.63. The molecule has 2 aromatic heterocycles. The number of carbonyl (C=O) groups excluding carboxylic acids is 2. The van der Waals surface area contributed by atoms with Gasteiger partial charge in [-0.25, -0.2) is 9.78 Å². The molecule has 2 aliphatic rings. The second-order valence-corrected chi connectivity index (χ2v) is 12.8. The summed E-state index contributed by atoms with van der Waals surface area (Å²) in [5.41, 5.74) is 6.28. The Morgan fingerprint density at radius 2 is 2.15 bits per heavy atom. The molecular weight excluding hydrogens is 638 g/mol. The molecule has 2 aliphatic heterocycles. The first-order chi connectivity index (χ1) is 19.7. The van der Waals surface area contributed by atoms with E-state index in [9.17, 15) is 29.7 Å². The van der Waals surface area contributed by atoms with Crippen LogP contribution in [0.2, 0.25) is 5.02 Å². The number of nitrogen functional groups attached to an aromatic ring is 1. The Kier molecular flexibility index (Phi) is 8.55. The molecule has 4 heterocycles. The summed E-state index contributed by atoms with van der Waals surface area (Å²) in [6.45, 7) is -0.275. The van der Waals surface area contributed by atoms with Gasteiger partial charge in [0.15, 0.2) is 22.3 Å². The molecular formula is C22H18ClN7O7S4. The number of aliphatic carboxylic acids is 1. The van der Waals surface area contributed by atoms with Crippen LogP contribution in [0, 0.1) is 0 Å². The number of hydrogen-bond donors (Lipinski definition) is 5. The first-order valence-corrected chi connectivity index (χ1v) is 15.4. The van der Waals surface area contributed by atoms with E-state index in [1.54, 1.807) is 6.20 Å². The number of hydrogen-bond acceptors (Lipinski definition) is 15. The molecule has 0 radical (unpaired) electrons. The minimum absolute atomic E-state index is 0.0903. The summed E-state index contributed by atoms with van der Waals surface area (Å²) in [4.78, 5) is 49.0. The average molecular weight is 656 g/mol. The quantitative estimate of drug-likeness (QED) is 0.0696. The molecule has 3 aromatic rings. The molecule has 1 aromatic carbocycles. The number of benzene rings is 1. The lowest BCUT2D eigenvalue weighted by atomic mass is 10.0. The summed E-state index contributed by atoms with van der Waals surface area (Å²) in [6.07, 6.45) is 1.58. The van der Waals surface area contributed by atoms with E-state index < -0.39 is 40.7 Å². The van der Waals surface area contributed by atoms with E-state index in [-0.39, 0.29) is 39.4 Å². The number of anilines is 1. The molecule has 214 valence electrons. The van der Waals surface area contributed by atoms with E-state index in [4.69, 9.17) is 22.2 Å². The topological polar surface area (TPSA) is 213 Å². The number of nitrogens with two attached hydrogens (primary N) is 1. The van der Waals surface area contributed by atoms with Crippen LogP contribution in [0.25, 0.3) is 0 Å². The second-order valence-electron chi connectivity index (χ2n) is 8.33. The standard InChI is InChI=1S/C22H18ClN7O7S4/c23-13-8(1-2-11(31)17(13)32)4-37-28-14(10-7-40-22(24)26-10)18(33)27-15-19(34)30-16(21(35)36)9(6-39-20(15)30)5-38-12-3-25-29-41-12/h1-3,7,15,20,31-32H,4-6H2,(H2,24,26)(H,27,33)(H,35,36)/b28-14-/t15?,20-/m0/s1. The predicted molar refractivity (Wildman–Crippen MR) is 153 cm³/mol. The number of carbonyl (C=O) groups is 3. The Morgan fingerprint density at radius 1 is 1.34 bits per heavy atom. The van der Waals surface area contributed by atoms with Crippen LogP contribution in [0.1, 0.15) is 11.3 Å². The number of nitrogens with zero attached hydrogens (tertiary/aromatic N) is 5. The Bertz CT molecular complexity index is 1580. The number of thiazole rings is 1. The second kappa shape index (κ2) is 12.1. The van der Waals surface area contributed by atoms with Gasteiger partial charge in [0, 0.05) is 22.4 Å². The van der Waals surface area contributed by atoms with Crippen molar-refractivity contribution in [2.24, 2.45) is 5.16 Å².